The molecule has 0 aliphatic rings. The number of nitrogens with zero attached hydrogens (tertiary/aromatic N) is 2. The van der Waals surface area contributed by atoms with Crippen molar-refractivity contribution in [1.82, 2.24) is 9.97 Å². The molecular weight excluding hydrogens is 275 g/mol. The Labute approximate surface area is 121 Å². The van der Waals surface area contributed by atoms with Gasteiger partial charge in [0.05, 0.1) is 24.5 Å². The smallest absolute Gasteiger partial charge is 0.360 e. The van der Waals surface area contributed by atoms with E-state index in [1.165, 1.54) is 12.1 Å². The van der Waals surface area contributed by atoms with Crippen LogP contribution in [0.5, 0.6) is 5.88 Å². The van der Waals surface area contributed by atoms with Crippen LogP contribution in [0.4, 0.5) is 4.39 Å². The normalized spacial score (nSPS) is 10.2. The maximum atomic E-state index is 13.7. The Hall–Kier alpha value is -2.50. The minimum absolute atomic E-state index is 0.154. The van der Waals surface area contributed by atoms with Crippen LogP contribution < -0.4 is 4.74 Å². The second-order valence-corrected chi connectivity index (χ2v) is 4.04. The molecule has 110 valence electrons. The molecule has 0 saturated carbocycles. The van der Waals surface area contributed by atoms with Crippen molar-refractivity contribution in [2.24, 2.45) is 0 Å². The predicted molar refractivity (Wildman–Crippen MR) is 74.6 cm³/mol. The average Bonchev–Trinajstić information content (AvgIpc) is 2.49. The summed E-state index contributed by atoms with van der Waals surface area (Å²) in [5.41, 5.74) is 0.640. The Morgan fingerprint density at radius 3 is 2.76 bits per heavy atom. The molecule has 0 unspecified atom stereocenters. The minimum atomic E-state index is -0.793. The highest BCUT2D eigenvalue weighted by atomic mass is 19.1. The lowest BCUT2D eigenvalue weighted by molar-refractivity contribution is 0.0513. The maximum absolute atomic E-state index is 13.7. The molecule has 21 heavy (non-hydrogen) atoms. The molecule has 0 aliphatic carbocycles. The van der Waals surface area contributed by atoms with Gasteiger partial charge in [0.15, 0.2) is 11.5 Å². The van der Waals surface area contributed by atoms with Gasteiger partial charge in [-0.25, -0.2) is 19.2 Å². The van der Waals surface area contributed by atoms with E-state index in [-0.39, 0.29) is 12.3 Å². The highest BCUT2D eigenvalue weighted by Crippen LogP contribution is 2.27. The predicted octanol–water partition coefficient (Wildman–Crippen LogP) is 2.86. The van der Waals surface area contributed by atoms with E-state index in [0.717, 1.165) is 0 Å². The van der Waals surface area contributed by atoms with E-state index in [0.29, 0.717) is 23.7 Å². The largest absolute Gasteiger partial charge is 0.477 e. The van der Waals surface area contributed by atoms with Crippen molar-refractivity contribution in [3.63, 3.8) is 0 Å². The van der Waals surface area contributed by atoms with E-state index >= 15 is 0 Å². The molecule has 6 heteroatoms. The van der Waals surface area contributed by atoms with Crippen LogP contribution in [0.15, 0.2) is 30.5 Å². The van der Waals surface area contributed by atoms with E-state index in [1.54, 1.807) is 25.3 Å². The first-order chi connectivity index (χ1) is 10.2. The van der Waals surface area contributed by atoms with Gasteiger partial charge in [-0.15, -0.1) is 0 Å². The van der Waals surface area contributed by atoms with Crippen LogP contribution in [0.3, 0.4) is 0 Å². The van der Waals surface area contributed by atoms with Crippen LogP contribution >= 0.6 is 0 Å². The van der Waals surface area contributed by atoms with E-state index in [4.69, 9.17) is 9.47 Å². The van der Waals surface area contributed by atoms with Gasteiger partial charge in [0, 0.05) is 6.20 Å². The Morgan fingerprint density at radius 1 is 1.24 bits per heavy atom. The molecule has 0 amide bonds. The van der Waals surface area contributed by atoms with Crippen LogP contribution in [0.2, 0.25) is 0 Å². The Balaban J connectivity index is 2.46. The molecule has 0 saturated heterocycles. The lowest BCUT2D eigenvalue weighted by Crippen LogP contribution is -2.10. The third-order valence-corrected chi connectivity index (χ3v) is 2.64. The summed E-state index contributed by atoms with van der Waals surface area (Å²) in [4.78, 5) is 19.8. The first-order valence-corrected chi connectivity index (χ1v) is 6.59. The fraction of sp³-hybridized carbons (Fsp3) is 0.267. The summed E-state index contributed by atoms with van der Waals surface area (Å²) in [7, 11) is 0. The first kappa shape index (κ1) is 14.9. The number of carbonyl (C=O) groups is 1. The molecule has 2 rings (SSSR count). The van der Waals surface area contributed by atoms with Gasteiger partial charge in [-0.3, -0.25) is 0 Å². The summed E-state index contributed by atoms with van der Waals surface area (Å²) in [5, 5.41) is 0. The van der Waals surface area contributed by atoms with E-state index in [1.807, 2.05) is 6.92 Å². The van der Waals surface area contributed by atoms with Crippen molar-refractivity contribution in [1.29, 1.82) is 0 Å². The van der Waals surface area contributed by atoms with Gasteiger partial charge in [0.25, 0.3) is 0 Å². The fourth-order valence-corrected chi connectivity index (χ4v) is 1.77. The van der Waals surface area contributed by atoms with Gasteiger partial charge < -0.3 is 9.47 Å². The van der Waals surface area contributed by atoms with Crippen molar-refractivity contribution >= 4 is 5.97 Å². The molecule has 0 atom stereocenters. The third kappa shape index (κ3) is 3.34. The second kappa shape index (κ2) is 6.78. The van der Waals surface area contributed by atoms with Crippen LogP contribution in [0.25, 0.3) is 11.3 Å². The fourth-order valence-electron chi connectivity index (χ4n) is 1.77. The van der Waals surface area contributed by atoms with Gasteiger partial charge in [-0.1, -0.05) is 0 Å². The van der Waals surface area contributed by atoms with E-state index in [2.05, 4.69) is 9.97 Å². The van der Waals surface area contributed by atoms with Crippen LogP contribution in [-0.2, 0) is 4.74 Å². The van der Waals surface area contributed by atoms with Gasteiger partial charge >= 0.3 is 5.97 Å². The van der Waals surface area contributed by atoms with Crippen molar-refractivity contribution in [3.05, 3.63) is 42.0 Å². The van der Waals surface area contributed by atoms with Gasteiger partial charge in [-0.05, 0) is 38.1 Å². The maximum Gasteiger partial charge on any atom is 0.360 e. The van der Waals surface area contributed by atoms with Crippen molar-refractivity contribution < 1.29 is 18.7 Å². The van der Waals surface area contributed by atoms with E-state index in [9.17, 15) is 9.18 Å². The summed E-state index contributed by atoms with van der Waals surface area (Å²) < 4.78 is 23.9. The third-order valence-electron chi connectivity index (χ3n) is 2.64. The molecular formula is C15H15FN2O3. The molecule has 2 aromatic rings. The minimum Gasteiger partial charge on any atom is -0.477 e. The number of halogens is 1. The topological polar surface area (TPSA) is 61.3 Å². The number of pyridine rings is 2. The Morgan fingerprint density at radius 2 is 2.05 bits per heavy atom. The lowest BCUT2D eigenvalue weighted by Gasteiger charge is -2.09. The van der Waals surface area contributed by atoms with Gasteiger partial charge in [-0.2, -0.15) is 0 Å². The monoisotopic (exact) mass is 290 g/mol. The molecule has 5 nitrogen and oxygen atoms in total. The number of hydrogen-bond donors (Lipinski definition) is 0. The average molecular weight is 290 g/mol. The molecule has 0 spiro atoms. The molecule has 0 bridgehead atoms. The number of esters is 1. The summed E-state index contributed by atoms with van der Waals surface area (Å²) in [5.74, 6) is -1.13. The first-order valence-electron chi connectivity index (χ1n) is 6.59. The number of hydrogen-bond acceptors (Lipinski definition) is 5. The zero-order valence-electron chi connectivity index (χ0n) is 11.8. The molecule has 2 heterocycles. The van der Waals surface area contributed by atoms with Crippen molar-refractivity contribution in [2.75, 3.05) is 13.2 Å². The standard InChI is InChI=1S/C15H15FN2O3/c1-3-20-14-10(6-5-9-17-14)12-8-7-11(16)13(18-12)15(19)21-4-2/h5-9H,3-4H2,1-2H3. The second-order valence-electron chi connectivity index (χ2n) is 4.04. The van der Waals surface area contributed by atoms with Crippen LogP contribution in [0, 0.1) is 5.82 Å². The number of rotatable bonds is 5. The SMILES string of the molecule is CCOC(=O)c1nc(-c2cccnc2OCC)ccc1F. The number of aromatic nitrogens is 2. The highest BCUT2D eigenvalue weighted by molar-refractivity contribution is 5.88. The lowest BCUT2D eigenvalue weighted by atomic mass is 10.1. The molecule has 0 radical (unpaired) electrons. The molecule has 0 fully saturated rings. The van der Waals surface area contributed by atoms with Crippen molar-refractivity contribution in [3.8, 4) is 17.1 Å². The van der Waals surface area contributed by atoms with Gasteiger partial charge in [0.1, 0.15) is 0 Å². The molecule has 0 aliphatic heterocycles. The van der Waals surface area contributed by atoms with E-state index < -0.39 is 11.8 Å². The molecule has 0 N–H and O–H groups in total. The molecule has 2 aromatic heterocycles. The Kier molecular flexibility index (Phi) is 4.81. The van der Waals surface area contributed by atoms with Gasteiger partial charge in [0.2, 0.25) is 5.88 Å². The quantitative estimate of drug-likeness (QED) is 0.792. The summed E-state index contributed by atoms with van der Waals surface area (Å²) >= 11 is 0. The number of ether oxygens (including phenoxy) is 2. The van der Waals surface area contributed by atoms with Crippen LogP contribution in [0.1, 0.15) is 24.3 Å². The van der Waals surface area contributed by atoms with Crippen molar-refractivity contribution in [2.45, 2.75) is 13.8 Å². The summed E-state index contributed by atoms with van der Waals surface area (Å²) in [6.45, 7) is 4.08. The molecule has 0 aromatic carbocycles. The zero-order chi connectivity index (χ0) is 15.2. The summed E-state index contributed by atoms with van der Waals surface area (Å²) in [6.07, 6.45) is 1.59. The Bertz CT molecular complexity index is 647. The summed E-state index contributed by atoms with van der Waals surface area (Å²) in [6, 6.07) is 6.11. The van der Waals surface area contributed by atoms with Crippen LogP contribution in [-0.4, -0.2) is 29.2 Å². The highest BCUT2D eigenvalue weighted by Gasteiger charge is 2.17. The number of carbonyl (C=O) groups excluding carboxylic acids is 1. The zero-order valence-corrected chi connectivity index (χ0v) is 11.8.